The number of benzene rings is 1. The van der Waals surface area contributed by atoms with E-state index < -0.39 is 0 Å². The van der Waals surface area contributed by atoms with E-state index in [9.17, 15) is 9.59 Å². The van der Waals surface area contributed by atoms with E-state index >= 15 is 0 Å². The number of carbonyl (C=O) groups excluding carboxylic acids is 1. The minimum atomic E-state index is -0.204. The van der Waals surface area contributed by atoms with Gasteiger partial charge in [0, 0.05) is 12.5 Å². The number of ether oxygens (including phenoxy) is 1. The van der Waals surface area contributed by atoms with Crippen LogP contribution in [0.15, 0.2) is 35.1 Å². The molecule has 0 radical (unpaired) electrons. The van der Waals surface area contributed by atoms with Crippen LogP contribution in [0.2, 0.25) is 0 Å². The molecule has 1 aromatic carbocycles. The number of aromatic nitrogens is 2. The highest BCUT2D eigenvalue weighted by Crippen LogP contribution is 2.24. The molecule has 0 fully saturated rings. The standard InChI is InChI=1S/C18H25N3O3/c1-18(2,3)13-6-8-15(9-7-13)24-10-4-5-16(22)19-12-14-11-17(23)21-20-14/h6-9,11H,4-5,10,12H2,1-3H3,(H,19,22)(H2,20,21,23). The number of hydrogen-bond donors (Lipinski definition) is 3. The van der Waals surface area contributed by atoms with Crippen molar-refractivity contribution < 1.29 is 9.53 Å². The van der Waals surface area contributed by atoms with Gasteiger partial charge in [-0.05, 0) is 29.5 Å². The minimum Gasteiger partial charge on any atom is -0.494 e. The van der Waals surface area contributed by atoms with Crippen LogP contribution in [0.4, 0.5) is 0 Å². The first kappa shape index (κ1) is 17.8. The smallest absolute Gasteiger partial charge is 0.264 e. The second-order valence-electron chi connectivity index (χ2n) is 6.79. The molecule has 130 valence electrons. The van der Waals surface area contributed by atoms with Gasteiger partial charge < -0.3 is 15.2 Å². The summed E-state index contributed by atoms with van der Waals surface area (Å²) in [5.41, 5.74) is 1.84. The summed E-state index contributed by atoms with van der Waals surface area (Å²) in [7, 11) is 0. The fraction of sp³-hybridized carbons (Fsp3) is 0.444. The van der Waals surface area contributed by atoms with Gasteiger partial charge >= 0.3 is 0 Å². The maximum absolute atomic E-state index is 11.7. The van der Waals surface area contributed by atoms with E-state index in [1.54, 1.807) is 0 Å². The summed E-state index contributed by atoms with van der Waals surface area (Å²) >= 11 is 0. The van der Waals surface area contributed by atoms with Crippen molar-refractivity contribution in [3.8, 4) is 5.75 Å². The zero-order valence-corrected chi connectivity index (χ0v) is 14.4. The molecule has 0 spiro atoms. The lowest BCUT2D eigenvalue weighted by atomic mass is 9.87. The Morgan fingerprint density at radius 3 is 2.46 bits per heavy atom. The fourth-order valence-corrected chi connectivity index (χ4v) is 2.22. The van der Waals surface area contributed by atoms with Gasteiger partial charge in [0.05, 0.1) is 18.8 Å². The van der Waals surface area contributed by atoms with Gasteiger partial charge in [0.15, 0.2) is 0 Å². The fourth-order valence-electron chi connectivity index (χ4n) is 2.22. The molecule has 0 atom stereocenters. The van der Waals surface area contributed by atoms with Crippen LogP contribution in [0.1, 0.15) is 44.9 Å². The van der Waals surface area contributed by atoms with Gasteiger partial charge in [-0.15, -0.1) is 0 Å². The molecule has 1 aromatic heterocycles. The molecule has 3 N–H and O–H groups in total. The molecule has 24 heavy (non-hydrogen) atoms. The maximum Gasteiger partial charge on any atom is 0.264 e. The number of hydrogen-bond acceptors (Lipinski definition) is 3. The molecule has 1 heterocycles. The van der Waals surface area contributed by atoms with Gasteiger partial charge in [-0.3, -0.25) is 14.7 Å². The van der Waals surface area contributed by atoms with Gasteiger partial charge in [0.1, 0.15) is 5.75 Å². The first-order valence-electron chi connectivity index (χ1n) is 8.11. The Kier molecular flexibility index (Phi) is 5.84. The summed E-state index contributed by atoms with van der Waals surface area (Å²) in [6.07, 6.45) is 1.02. The topological polar surface area (TPSA) is 87.0 Å². The minimum absolute atomic E-state index is 0.0660. The predicted molar refractivity (Wildman–Crippen MR) is 93.1 cm³/mol. The first-order chi connectivity index (χ1) is 11.3. The van der Waals surface area contributed by atoms with E-state index in [2.05, 4.69) is 48.4 Å². The third-order valence-electron chi connectivity index (χ3n) is 3.66. The molecule has 0 aliphatic carbocycles. The summed E-state index contributed by atoms with van der Waals surface area (Å²) in [5, 5.41) is 7.86. The summed E-state index contributed by atoms with van der Waals surface area (Å²) in [4.78, 5) is 22.7. The highest BCUT2D eigenvalue weighted by molar-refractivity contribution is 5.75. The van der Waals surface area contributed by atoms with Gasteiger partial charge in [0.25, 0.3) is 5.56 Å². The number of H-pyrrole nitrogens is 2. The van der Waals surface area contributed by atoms with Crippen LogP contribution in [0.5, 0.6) is 5.75 Å². The Balaban J connectivity index is 1.65. The maximum atomic E-state index is 11.7. The molecule has 0 aliphatic rings. The normalized spacial score (nSPS) is 11.3. The lowest BCUT2D eigenvalue weighted by Gasteiger charge is -2.19. The van der Waals surface area contributed by atoms with Crippen LogP contribution in [0, 0.1) is 0 Å². The molecule has 2 rings (SSSR count). The number of carbonyl (C=O) groups is 1. The van der Waals surface area contributed by atoms with Crippen molar-refractivity contribution in [3.05, 3.63) is 51.9 Å². The molecular formula is C18H25N3O3. The Bertz CT molecular complexity index is 708. The van der Waals surface area contributed by atoms with Crippen LogP contribution >= 0.6 is 0 Å². The van der Waals surface area contributed by atoms with Crippen molar-refractivity contribution in [2.45, 2.75) is 45.6 Å². The van der Waals surface area contributed by atoms with Crippen LogP contribution in [0.3, 0.4) is 0 Å². The number of amides is 1. The SMILES string of the molecule is CC(C)(C)c1ccc(OCCCC(=O)NCc2cc(=O)[nH][nH]2)cc1. The summed E-state index contributed by atoms with van der Waals surface area (Å²) < 4.78 is 5.66. The highest BCUT2D eigenvalue weighted by Gasteiger charge is 2.12. The van der Waals surface area contributed by atoms with E-state index in [0.717, 1.165) is 5.75 Å². The number of rotatable bonds is 7. The molecule has 0 saturated carbocycles. The van der Waals surface area contributed by atoms with Gasteiger partial charge in [-0.1, -0.05) is 32.9 Å². The molecule has 6 heteroatoms. The van der Waals surface area contributed by atoms with Crippen LogP contribution < -0.4 is 15.6 Å². The second-order valence-corrected chi connectivity index (χ2v) is 6.79. The van der Waals surface area contributed by atoms with E-state index in [1.807, 2.05) is 12.1 Å². The zero-order valence-electron chi connectivity index (χ0n) is 14.4. The average Bonchev–Trinajstić information content (AvgIpc) is 2.95. The summed E-state index contributed by atoms with van der Waals surface area (Å²) in [6, 6.07) is 9.48. The Morgan fingerprint density at radius 1 is 1.17 bits per heavy atom. The van der Waals surface area contributed by atoms with E-state index in [1.165, 1.54) is 11.6 Å². The monoisotopic (exact) mass is 331 g/mol. The number of nitrogens with one attached hydrogen (secondary N) is 3. The quantitative estimate of drug-likeness (QED) is 0.681. The summed E-state index contributed by atoms with van der Waals surface area (Å²) in [5.74, 6) is 0.747. The van der Waals surface area contributed by atoms with Gasteiger partial charge in [-0.2, -0.15) is 0 Å². The van der Waals surface area contributed by atoms with Crippen molar-refractivity contribution in [1.29, 1.82) is 0 Å². The van der Waals surface area contributed by atoms with Crippen LogP contribution in [0.25, 0.3) is 0 Å². The Morgan fingerprint density at radius 2 is 1.88 bits per heavy atom. The van der Waals surface area contributed by atoms with Crippen molar-refractivity contribution in [1.82, 2.24) is 15.5 Å². The van der Waals surface area contributed by atoms with Crippen LogP contribution in [-0.4, -0.2) is 22.7 Å². The molecule has 6 nitrogen and oxygen atoms in total. The molecule has 0 bridgehead atoms. The van der Waals surface area contributed by atoms with E-state index in [4.69, 9.17) is 4.74 Å². The van der Waals surface area contributed by atoms with E-state index in [-0.39, 0.29) is 16.9 Å². The first-order valence-corrected chi connectivity index (χ1v) is 8.11. The van der Waals surface area contributed by atoms with Gasteiger partial charge in [-0.25, -0.2) is 0 Å². The lowest BCUT2D eigenvalue weighted by molar-refractivity contribution is -0.121. The Labute approximate surface area is 141 Å². The lowest BCUT2D eigenvalue weighted by Crippen LogP contribution is -2.23. The average molecular weight is 331 g/mol. The molecule has 1 amide bonds. The van der Waals surface area contributed by atoms with Crippen molar-refractivity contribution in [3.63, 3.8) is 0 Å². The molecular weight excluding hydrogens is 306 g/mol. The van der Waals surface area contributed by atoms with E-state index in [0.29, 0.717) is 31.7 Å². The van der Waals surface area contributed by atoms with Crippen LogP contribution in [-0.2, 0) is 16.8 Å². The van der Waals surface area contributed by atoms with Crippen molar-refractivity contribution >= 4 is 5.91 Å². The third kappa shape index (κ3) is 5.61. The Hall–Kier alpha value is -2.50. The third-order valence-corrected chi connectivity index (χ3v) is 3.66. The predicted octanol–water partition coefficient (Wildman–Crippen LogP) is 2.48. The molecule has 0 unspecified atom stereocenters. The molecule has 0 saturated heterocycles. The molecule has 0 aliphatic heterocycles. The summed E-state index contributed by atoms with van der Waals surface area (Å²) in [6.45, 7) is 7.32. The van der Waals surface area contributed by atoms with Gasteiger partial charge in [0.2, 0.25) is 5.91 Å². The highest BCUT2D eigenvalue weighted by atomic mass is 16.5. The zero-order chi connectivity index (χ0) is 17.6. The second kappa shape index (κ2) is 7.86. The largest absolute Gasteiger partial charge is 0.494 e. The van der Waals surface area contributed by atoms with Crippen molar-refractivity contribution in [2.75, 3.05) is 6.61 Å². The molecule has 2 aromatic rings. The number of aromatic amines is 2. The van der Waals surface area contributed by atoms with Crippen molar-refractivity contribution in [2.24, 2.45) is 0 Å².